The third-order valence-electron chi connectivity index (χ3n) is 2.27. The first-order valence-corrected chi connectivity index (χ1v) is 5.77. The molecule has 2 rings (SSSR count). The van der Waals surface area contributed by atoms with Crippen LogP contribution in [0.15, 0.2) is 48.7 Å². The Bertz CT molecular complexity index is 459. The average molecular weight is 247 g/mol. The van der Waals surface area contributed by atoms with E-state index in [-0.39, 0.29) is 0 Å². The Morgan fingerprint density at radius 1 is 0.889 bits per heavy atom. The van der Waals surface area contributed by atoms with Gasteiger partial charge in [-0.2, -0.15) is 4.39 Å². The molecule has 0 spiro atoms. The molecule has 1 aromatic carbocycles. The van der Waals surface area contributed by atoms with Crippen LogP contribution in [0.2, 0.25) is 0 Å². The molecule has 0 N–H and O–H groups in total. The van der Waals surface area contributed by atoms with Gasteiger partial charge in [-0.25, -0.2) is 4.98 Å². The van der Waals surface area contributed by atoms with Gasteiger partial charge in [0.05, 0.1) is 19.4 Å². The molecule has 4 heteroatoms. The van der Waals surface area contributed by atoms with E-state index in [0.29, 0.717) is 19.0 Å². The number of benzene rings is 1. The highest BCUT2D eigenvalue weighted by Gasteiger charge is 1.96. The number of pyridine rings is 1. The summed E-state index contributed by atoms with van der Waals surface area (Å²) in [7, 11) is 0. The smallest absolute Gasteiger partial charge is 0.213 e. The molecule has 0 atom stereocenters. The molecule has 0 saturated heterocycles. The van der Waals surface area contributed by atoms with Crippen molar-refractivity contribution in [1.29, 1.82) is 0 Å². The van der Waals surface area contributed by atoms with E-state index in [1.54, 1.807) is 6.07 Å². The van der Waals surface area contributed by atoms with Gasteiger partial charge in [0.15, 0.2) is 0 Å². The molecule has 18 heavy (non-hydrogen) atoms. The van der Waals surface area contributed by atoms with Crippen LogP contribution < -0.4 is 9.47 Å². The van der Waals surface area contributed by atoms with Crippen molar-refractivity contribution in [2.75, 3.05) is 13.2 Å². The van der Waals surface area contributed by atoms with Gasteiger partial charge < -0.3 is 9.47 Å². The topological polar surface area (TPSA) is 31.4 Å². The number of halogens is 1. The van der Waals surface area contributed by atoms with Crippen LogP contribution >= 0.6 is 0 Å². The van der Waals surface area contributed by atoms with Gasteiger partial charge in [0.2, 0.25) is 5.95 Å². The van der Waals surface area contributed by atoms with Gasteiger partial charge in [0, 0.05) is 6.42 Å². The van der Waals surface area contributed by atoms with Gasteiger partial charge >= 0.3 is 0 Å². The van der Waals surface area contributed by atoms with Crippen LogP contribution in [-0.2, 0) is 0 Å². The Hall–Kier alpha value is -2.10. The van der Waals surface area contributed by atoms with E-state index in [2.05, 4.69) is 4.98 Å². The molecule has 0 aliphatic heterocycles. The van der Waals surface area contributed by atoms with E-state index in [9.17, 15) is 4.39 Å². The third kappa shape index (κ3) is 4.05. The van der Waals surface area contributed by atoms with Crippen molar-refractivity contribution in [2.45, 2.75) is 6.42 Å². The van der Waals surface area contributed by atoms with E-state index in [1.807, 2.05) is 30.3 Å². The van der Waals surface area contributed by atoms with Crippen LogP contribution in [-0.4, -0.2) is 18.2 Å². The zero-order valence-electron chi connectivity index (χ0n) is 9.88. The third-order valence-corrected chi connectivity index (χ3v) is 2.27. The Kier molecular flexibility index (Phi) is 4.53. The van der Waals surface area contributed by atoms with Gasteiger partial charge in [-0.1, -0.05) is 18.2 Å². The molecule has 0 fully saturated rings. The monoisotopic (exact) mass is 247 g/mol. The fraction of sp³-hybridized carbons (Fsp3) is 0.214. The molecule has 0 bridgehead atoms. The Balaban J connectivity index is 1.63. The van der Waals surface area contributed by atoms with Crippen molar-refractivity contribution in [1.82, 2.24) is 4.98 Å². The van der Waals surface area contributed by atoms with Crippen LogP contribution in [0.3, 0.4) is 0 Å². The van der Waals surface area contributed by atoms with Gasteiger partial charge in [-0.15, -0.1) is 0 Å². The minimum Gasteiger partial charge on any atom is -0.493 e. The first-order valence-electron chi connectivity index (χ1n) is 5.77. The average Bonchev–Trinajstić information content (AvgIpc) is 2.42. The summed E-state index contributed by atoms with van der Waals surface area (Å²) in [6.07, 6.45) is 2.12. The minimum absolute atomic E-state index is 0.505. The summed E-state index contributed by atoms with van der Waals surface area (Å²) in [5, 5.41) is 0. The second-order valence-corrected chi connectivity index (χ2v) is 3.68. The van der Waals surface area contributed by atoms with Crippen molar-refractivity contribution in [3.8, 4) is 11.5 Å². The van der Waals surface area contributed by atoms with Crippen molar-refractivity contribution in [2.24, 2.45) is 0 Å². The van der Waals surface area contributed by atoms with Gasteiger partial charge in [0.25, 0.3) is 0 Å². The number of nitrogens with zero attached hydrogens (tertiary/aromatic N) is 1. The lowest BCUT2D eigenvalue weighted by molar-refractivity contribution is 0.246. The number of rotatable bonds is 6. The van der Waals surface area contributed by atoms with Crippen molar-refractivity contribution >= 4 is 0 Å². The second kappa shape index (κ2) is 6.59. The fourth-order valence-corrected chi connectivity index (χ4v) is 1.40. The van der Waals surface area contributed by atoms with Crippen molar-refractivity contribution in [3.05, 3.63) is 54.6 Å². The normalized spacial score (nSPS) is 10.1. The molecular formula is C14H14FNO2. The van der Waals surface area contributed by atoms with Gasteiger partial charge in [-0.05, 0) is 24.3 Å². The molecule has 3 nitrogen and oxygen atoms in total. The molecule has 0 radical (unpaired) electrons. The zero-order valence-corrected chi connectivity index (χ0v) is 9.88. The van der Waals surface area contributed by atoms with Crippen molar-refractivity contribution in [3.63, 3.8) is 0 Å². The zero-order chi connectivity index (χ0) is 12.6. The SMILES string of the molecule is Fc1ccc(OCCCOc2ccccc2)cn1. The standard InChI is InChI=1S/C14H14FNO2/c15-14-8-7-13(11-16-14)18-10-4-9-17-12-5-2-1-3-6-12/h1-3,5-8,11H,4,9-10H2. The Morgan fingerprint density at radius 2 is 1.61 bits per heavy atom. The highest BCUT2D eigenvalue weighted by Crippen LogP contribution is 2.10. The maximum absolute atomic E-state index is 12.5. The summed E-state index contributed by atoms with van der Waals surface area (Å²) < 4.78 is 23.4. The number of ether oxygens (including phenoxy) is 2. The number of para-hydroxylation sites is 1. The van der Waals surface area contributed by atoms with Crippen LogP contribution in [0.25, 0.3) is 0 Å². The largest absolute Gasteiger partial charge is 0.493 e. The summed E-state index contributed by atoms with van der Waals surface area (Å²) in [4.78, 5) is 3.50. The van der Waals surface area contributed by atoms with Crippen LogP contribution in [0.4, 0.5) is 4.39 Å². The number of aromatic nitrogens is 1. The minimum atomic E-state index is -0.505. The van der Waals surface area contributed by atoms with Crippen LogP contribution in [0.5, 0.6) is 11.5 Å². The summed E-state index contributed by atoms with van der Waals surface area (Å²) in [5.41, 5.74) is 0. The highest BCUT2D eigenvalue weighted by molar-refractivity contribution is 5.20. The summed E-state index contributed by atoms with van der Waals surface area (Å²) in [6.45, 7) is 1.10. The lowest BCUT2D eigenvalue weighted by Crippen LogP contribution is -2.05. The first kappa shape index (κ1) is 12.4. The van der Waals surface area contributed by atoms with Crippen LogP contribution in [0, 0.1) is 5.95 Å². The molecule has 1 aromatic heterocycles. The molecule has 0 aliphatic rings. The van der Waals surface area contributed by atoms with Gasteiger partial charge in [0.1, 0.15) is 11.5 Å². The summed E-state index contributed by atoms with van der Waals surface area (Å²) in [5.74, 6) is 0.909. The maximum atomic E-state index is 12.5. The van der Waals surface area contributed by atoms with Gasteiger partial charge in [-0.3, -0.25) is 0 Å². The lowest BCUT2D eigenvalue weighted by Gasteiger charge is -2.07. The molecule has 0 saturated carbocycles. The summed E-state index contributed by atoms with van der Waals surface area (Å²) >= 11 is 0. The predicted octanol–water partition coefficient (Wildman–Crippen LogP) is 3.07. The summed E-state index contributed by atoms with van der Waals surface area (Å²) in [6, 6.07) is 12.4. The van der Waals surface area contributed by atoms with E-state index >= 15 is 0 Å². The Labute approximate surface area is 105 Å². The molecule has 0 aliphatic carbocycles. The second-order valence-electron chi connectivity index (χ2n) is 3.68. The fourth-order valence-electron chi connectivity index (χ4n) is 1.40. The number of hydrogen-bond acceptors (Lipinski definition) is 3. The van der Waals surface area contributed by atoms with Crippen LogP contribution in [0.1, 0.15) is 6.42 Å². The first-order chi connectivity index (χ1) is 8.84. The molecule has 1 heterocycles. The van der Waals surface area contributed by atoms with E-state index < -0.39 is 5.95 Å². The maximum Gasteiger partial charge on any atom is 0.213 e. The molecule has 94 valence electrons. The molecule has 0 unspecified atom stereocenters. The predicted molar refractivity (Wildman–Crippen MR) is 66.2 cm³/mol. The van der Waals surface area contributed by atoms with E-state index in [1.165, 1.54) is 12.3 Å². The van der Waals surface area contributed by atoms with Crippen molar-refractivity contribution < 1.29 is 13.9 Å². The number of hydrogen-bond donors (Lipinski definition) is 0. The Morgan fingerprint density at radius 3 is 2.28 bits per heavy atom. The quantitative estimate of drug-likeness (QED) is 0.580. The molecule has 2 aromatic rings. The van der Waals surface area contributed by atoms with E-state index in [4.69, 9.17) is 9.47 Å². The lowest BCUT2D eigenvalue weighted by atomic mass is 10.3. The highest BCUT2D eigenvalue weighted by atomic mass is 19.1. The molecular weight excluding hydrogens is 233 g/mol. The van der Waals surface area contributed by atoms with E-state index in [0.717, 1.165) is 12.2 Å². The molecule has 0 amide bonds.